The molecule has 1 fully saturated rings. The number of carbonyl (C=O) groups excluding carboxylic acids is 1. The largest absolute Gasteiger partial charge is 0.354 e. The zero-order valence-electron chi connectivity index (χ0n) is 6.79. The summed E-state index contributed by atoms with van der Waals surface area (Å²) in [6.45, 7) is 1.62. The number of piperidine rings is 1. The number of hydrogen-bond donors (Lipinski definition) is 1. The Morgan fingerprint density at radius 2 is 2.17 bits per heavy atom. The Labute approximate surface area is 70.6 Å². The lowest BCUT2D eigenvalue weighted by molar-refractivity contribution is -0.119. The van der Waals surface area contributed by atoms with Crippen molar-refractivity contribution >= 4 is 11.6 Å². The van der Waals surface area contributed by atoms with Crippen LogP contribution in [0.3, 0.4) is 0 Å². The molecule has 0 amide bonds. The molecule has 2 heterocycles. The summed E-state index contributed by atoms with van der Waals surface area (Å²) in [6.07, 6.45) is 3.12. The lowest BCUT2D eigenvalue weighted by atomic mass is 10.1. The normalized spacial score (nSPS) is 18.3. The molecular formula is C8H11N3O. The monoisotopic (exact) mass is 165 g/mol. The van der Waals surface area contributed by atoms with E-state index < -0.39 is 0 Å². The maximum absolute atomic E-state index is 10.9. The van der Waals surface area contributed by atoms with Crippen LogP contribution in [0.2, 0.25) is 0 Å². The average molecular weight is 165 g/mol. The van der Waals surface area contributed by atoms with Gasteiger partial charge in [0.05, 0.1) is 0 Å². The molecule has 1 aromatic rings. The zero-order valence-corrected chi connectivity index (χ0v) is 6.79. The fourth-order valence-corrected chi connectivity index (χ4v) is 1.41. The number of anilines is 1. The van der Waals surface area contributed by atoms with Crippen LogP contribution in [-0.2, 0) is 4.79 Å². The van der Waals surface area contributed by atoms with E-state index in [9.17, 15) is 4.79 Å². The fourth-order valence-electron chi connectivity index (χ4n) is 1.41. The molecule has 0 bridgehead atoms. The van der Waals surface area contributed by atoms with Crippen LogP contribution in [0, 0.1) is 0 Å². The van der Waals surface area contributed by atoms with Crippen molar-refractivity contribution < 1.29 is 4.79 Å². The predicted octanol–water partition coefficient (Wildman–Crippen LogP) is 0.579. The van der Waals surface area contributed by atoms with Crippen LogP contribution in [-0.4, -0.2) is 29.1 Å². The van der Waals surface area contributed by atoms with E-state index in [4.69, 9.17) is 0 Å². The van der Waals surface area contributed by atoms with Crippen LogP contribution in [0.5, 0.6) is 0 Å². The third-order valence-corrected chi connectivity index (χ3v) is 2.13. The first kappa shape index (κ1) is 7.34. The van der Waals surface area contributed by atoms with E-state index in [0.717, 1.165) is 18.9 Å². The first-order valence-corrected chi connectivity index (χ1v) is 4.13. The maximum atomic E-state index is 10.9. The smallest absolute Gasteiger partial charge is 0.150 e. The summed E-state index contributed by atoms with van der Waals surface area (Å²) >= 11 is 0. The SMILES string of the molecule is O=C1CCN(c2cc[nH]n2)CC1. The number of hydrogen-bond acceptors (Lipinski definition) is 3. The number of nitrogens with zero attached hydrogens (tertiary/aromatic N) is 2. The molecule has 0 unspecified atom stereocenters. The molecule has 2 rings (SSSR count). The number of aromatic amines is 1. The number of nitrogens with one attached hydrogen (secondary N) is 1. The highest BCUT2D eigenvalue weighted by Crippen LogP contribution is 2.14. The first-order valence-electron chi connectivity index (χ1n) is 4.13. The van der Waals surface area contributed by atoms with Gasteiger partial charge in [0.1, 0.15) is 11.6 Å². The fraction of sp³-hybridized carbons (Fsp3) is 0.500. The first-order chi connectivity index (χ1) is 5.86. The van der Waals surface area contributed by atoms with Crippen molar-refractivity contribution in [3.63, 3.8) is 0 Å². The van der Waals surface area contributed by atoms with Crippen molar-refractivity contribution in [2.75, 3.05) is 18.0 Å². The Morgan fingerprint density at radius 1 is 1.42 bits per heavy atom. The van der Waals surface area contributed by atoms with Gasteiger partial charge in [0.15, 0.2) is 0 Å². The average Bonchev–Trinajstić information content (AvgIpc) is 2.58. The van der Waals surface area contributed by atoms with E-state index in [1.54, 1.807) is 6.20 Å². The summed E-state index contributed by atoms with van der Waals surface area (Å²) in [7, 11) is 0. The van der Waals surface area contributed by atoms with E-state index in [2.05, 4.69) is 15.1 Å². The van der Waals surface area contributed by atoms with Crippen LogP contribution >= 0.6 is 0 Å². The van der Waals surface area contributed by atoms with Crippen molar-refractivity contribution in [1.82, 2.24) is 10.2 Å². The minimum atomic E-state index is 0.363. The molecule has 4 nitrogen and oxygen atoms in total. The molecule has 0 aromatic carbocycles. The van der Waals surface area contributed by atoms with E-state index in [1.807, 2.05) is 6.07 Å². The number of carbonyl (C=O) groups is 1. The van der Waals surface area contributed by atoms with Crippen LogP contribution in [0.15, 0.2) is 12.3 Å². The molecule has 0 aliphatic carbocycles. The highest BCUT2D eigenvalue weighted by Gasteiger charge is 2.16. The van der Waals surface area contributed by atoms with Gasteiger partial charge in [-0.05, 0) is 0 Å². The van der Waals surface area contributed by atoms with Crippen LogP contribution in [0.25, 0.3) is 0 Å². The van der Waals surface area contributed by atoms with Gasteiger partial charge >= 0.3 is 0 Å². The zero-order chi connectivity index (χ0) is 8.39. The topological polar surface area (TPSA) is 49.0 Å². The molecule has 1 aliphatic rings. The number of rotatable bonds is 1. The summed E-state index contributed by atoms with van der Waals surface area (Å²) in [4.78, 5) is 13.0. The standard InChI is InChI=1S/C8H11N3O/c12-7-2-5-11(6-3-7)8-1-4-9-10-8/h1,4H,2-3,5-6H2,(H,9,10). The van der Waals surface area contributed by atoms with Gasteiger partial charge in [-0.2, -0.15) is 5.10 Å². The molecule has 0 atom stereocenters. The Morgan fingerprint density at radius 3 is 2.75 bits per heavy atom. The summed E-state index contributed by atoms with van der Waals surface area (Å²) in [5.41, 5.74) is 0. The summed E-state index contributed by atoms with van der Waals surface area (Å²) in [5.74, 6) is 1.31. The van der Waals surface area contributed by atoms with Gasteiger partial charge in [0.2, 0.25) is 0 Å². The second kappa shape index (κ2) is 2.97. The number of ketones is 1. The molecule has 0 saturated carbocycles. The molecule has 1 N–H and O–H groups in total. The molecule has 12 heavy (non-hydrogen) atoms. The van der Waals surface area contributed by atoms with Gasteiger partial charge in [0, 0.05) is 38.2 Å². The number of aromatic nitrogens is 2. The predicted molar refractivity (Wildman–Crippen MR) is 45.0 cm³/mol. The van der Waals surface area contributed by atoms with Gasteiger partial charge < -0.3 is 4.90 Å². The Bertz CT molecular complexity index is 258. The van der Waals surface area contributed by atoms with E-state index in [1.165, 1.54) is 0 Å². The second-order valence-electron chi connectivity index (χ2n) is 2.96. The van der Waals surface area contributed by atoms with Crippen LogP contribution in [0.4, 0.5) is 5.82 Å². The summed E-state index contributed by atoms with van der Waals surface area (Å²) in [6, 6.07) is 1.93. The molecule has 64 valence electrons. The van der Waals surface area contributed by atoms with Gasteiger partial charge in [-0.3, -0.25) is 9.89 Å². The quantitative estimate of drug-likeness (QED) is 0.662. The van der Waals surface area contributed by atoms with Crippen molar-refractivity contribution in [2.45, 2.75) is 12.8 Å². The van der Waals surface area contributed by atoms with Crippen molar-refractivity contribution in [3.05, 3.63) is 12.3 Å². The lowest BCUT2D eigenvalue weighted by Crippen LogP contribution is -2.33. The summed E-state index contributed by atoms with van der Waals surface area (Å²) in [5, 5.41) is 6.82. The molecule has 1 aliphatic heterocycles. The van der Waals surface area contributed by atoms with Gasteiger partial charge in [0.25, 0.3) is 0 Å². The Kier molecular flexibility index (Phi) is 1.81. The van der Waals surface area contributed by atoms with E-state index in [0.29, 0.717) is 18.6 Å². The highest BCUT2D eigenvalue weighted by atomic mass is 16.1. The van der Waals surface area contributed by atoms with Gasteiger partial charge in [-0.15, -0.1) is 0 Å². The molecule has 1 saturated heterocycles. The van der Waals surface area contributed by atoms with Gasteiger partial charge in [-0.1, -0.05) is 0 Å². The third kappa shape index (κ3) is 1.32. The Balaban J connectivity index is 2.03. The molecule has 0 radical (unpaired) electrons. The molecule has 1 aromatic heterocycles. The van der Waals surface area contributed by atoms with E-state index >= 15 is 0 Å². The minimum absolute atomic E-state index is 0.363. The van der Waals surface area contributed by atoms with Crippen molar-refractivity contribution in [3.8, 4) is 0 Å². The maximum Gasteiger partial charge on any atom is 0.150 e. The minimum Gasteiger partial charge on any atom is -0.354 e. The molecule has 4 heteroatoms. The van der Waals surface area contributed by atoms with Crippen LogP contribution < -0.4 is 4.90 Å². The number of Topliss-reactive ketones (excluding diaryl/α,β-unsaturated/α-hetero) is 1. The van der Waals surface area contributed by atoms with Crippen molar-refractivity contribution in [1.29, 1.82) is 0 Å². The van der Waals surface area contributed by atoms with Gasteiger partial charge in [-0.25, -0.2) is 0 Å². The second-order valence-corrected chi connectivity index (χ2v) is 2.96. The van der Waals surface area contributed by atoms with Crippen LogP contribution in [0.1, 0.15) is 12.8 Å². The molecule has 0 spiro atoms. The number of H-pyrrole nitrogens is 1. The van der Waals surface area contributed by atoms with E-state index in [-0.39, 0.29) is 0 Å². The third-order valence-electron chi connectivity index (χ3n) is 2.13. The molecular weight excluding hydrogens is 154 g/mol. The highest BCUT2D eigenvalue weighted by molar-refractivity contribution is 5.80. The summed E-state index contributed by atoms with van der Waals surface area (Å²) < 4.78 is 0. The lowest BCUT2D eigenvalue weighted by Gasteiger charge is -2.25. The van der Waals surface area contributed by atoms with Crippen molar-refractivity contribution in [2.24, 2.45) is 0 Å². The Hall–Kier alpha value is -1.32.